The maximum Gasteiger partial charge on any atom is 0.270 e. The summed E-state index contributed by atoms with van der Waals surface area (Å²) in [6, 6.07) is 10.6. The SMILES string of the molecule is Cc1ccc(C(CNC(=O)c2csc(-c3ccsc3)n2)N(C)C)cc1. The minimum absolute atomic E-state index is 0.125. The molecule has 0 aliphatic rings. The quantitative estimate of drug-likeness (QED) is 0.706. The summed E-state index contributed by atoms with van der Waals surface area (Å²) in [6.45, 7) is 2.61. The third-order valence-corrected chi connectivity index (χ3v) is 5.62. The second kappa shape index (κ2) is 7.91. The van der Waals surface area contributed by atoms with Gasteiger partial charge in [0.25, 0.3) is 5.91 Å². The van der Waals surface area contributed by atoms with E-state index >= 15 is 0 Å². The summed E-state index contributed by atoms with van der Waals surface area (Å²) in [4.78, 5) is 19.0. The van der Waals surface area contributed by atoms with Crippen LogP contribution in [0.25, 0.3) is 10.6 Å². The molecule has 1 atom stereocenters. The number of thiophene rings is 1. The van der Waals surface area contributed by atoms with Crippen LogP contribution in [-0.2, 0) is 0 Å². The van der Waals surface area contributed by atoms with Gasteiger partial charge in [-0.25, -0.2) is 4.98 Å². The van der Waals surface area contributed by atoms with Gasteiger partial charge in [-0.3, -0.25) is 4.79 Å². The molecule has 0 bridgehead atoms. The first-order chi connectivity index (χ1) is 12.0. The van der Waals surface area contributed by atoms with E-state index in [4.69, 9.17) is 0 Å². The lowest BCUT2D eigenvalue weighted by atomic mass is 10.0. The normalized spacial score (nSPS) is 12.3. The number of benzene rings is 1. The molecule has 0 aliphatic carbocycles. The number of carbonyl (C=O) groups is 1. The van der Waals surface area contributed by atoms with Crippen molar-refractivity contribution in [1.82, 2.24) is 15.2 Å². The van der Waals surface area contributed by atoms with Crippen LogP contribution in [0, 0.1) is 6.92 Å². The third-order valence-electron chi connectivity index (χ3n) is 4.05. The Morgan fingerprint density at radius 3 is 2.60 bits per heavy atom. The van der Waals surface area contributed by atoms with Gasteiger partial charge in [0.1, 0.15) is 10.7 Å². The van der Waals surface area contributed by atoms with E-state index in [1.165, 1.54) is 22.5 Å². The molecule has 25 heavy (non-hydrogen) atoms. The van der Waals surface area contributed by atoms with Crippen molar-refractivity contribution in [3.05, 3.63) is 63.3 Å². The number of thiazole rings is 1. The van der Waals surface area contributed by atoms with Crippen molar-refractivity contribution in [3.8, 4) is 10.6 Å². The molecule has 1 unspecified atom stereocenters. The molecule has 0 aliphatic heterocycles. The first-order valence-electron chi connectivity index (χ1n) is 8.04. The summed E-state index contributed by atoms with van der Waals surface area (Å²) >= 11 is 3.13. The number of amides is 1. The fourth-order valence-corrected chi connectivity index (χ4v) is 4.08. The van der Waals surface area contributed by atoms with Crippen LogP contribution in [0.15, 0.2) is 46.5 Å². The standard InChI is InChI=1S/C19H21N3OS2/c1-13-4-6-14(7-5-13)17(22(2)3)10-20-18(23)16-12-25-19(21-16)15-8-9-24-11-15/h4-9,11-12,17H,10H2,1-3H3,(H,20,23). The Bertz CT molecular complexity index is 823. The summed E-state index contributed by atoms with van der Waals surface area (Å²) < 4.78 is 0. The zero-order valence-corrected chi connectivity index (χ0v) is 16.2. The van der Waals surface area contributed by atoms with Crippen LogP contribution in [0.2, 0.25) is 0 Å². The Labute approximate surface area is 156 Å². The van der Waals surface area contributed by atoms with Crippen molar-refractivity contribution < 1.29 is 4.79 Å². The number of hydrogen-bond donors (Lipinski definition) is 1. The molecule has 3 aromatic rings. The maximum absolute atomic E-state index is 12.5. The van der Waals surface area contributed by atoms with Gasteiger partial charge in [0.05, 0.1) is 6.04 Å². The largest absolute Gasteiger partial charge is 0.349 e. The molecular weight excluding hydrogens is 350 g/mol. The monoisotopic (exact) mass is 371 g/mol. The van der Waals surface area contributed by atoms with Gasteiger partial charge in [0.2, 0.25) is 0 Å². The average Bonchev–Trinajstić information content (AvgIpc) is 3.27. The molecule has 6 heteroatoms. The number of likely N-dealkylation sites (N-methyl/N-ethyl adjacent to an activating group) is 1. The fraction of sp³-hybridized carbons (Fsp3) is 0.263. The number of carbonyl (C=O) groups excluding carboxylic acids is 1. The number of aryl methyl sites for hydroxylation is 1. The van der Waals surface area contributed by atoms with Crippen molar-refractivity contribution in [1.29, 1.82) is 0 Å². The molecule has 3 rings (SSSR count). The first-order valence-corrected chi connectivity index (χ1v) is 9.86. The minimum Gasteiger partial charge on any atom is -0.349 e. The molecule has 1 aromatic carbocycles. The summed E-state index contributed by atoms with van der Waals surface area (Å²) in [6.07, 6.45) is 0. The highest BCUT2D eigenvalue weighted by Crippen LogP contribution is 2.25. The van der Waals surface area contributed by atoms with E-state index in [9.17, 15) is 4.79 Å². The molecule has 0 saturated carbocycles. The van der Waals surface area contributed by atoms with Crippen molar-refractivity contribution >= 4 is 28.6 Å². The highest BCUT2D eigenvalue weighted by atomic mass is 32.1. The predicted molar refractivity (Wildman–Crippen MR) is 105 cm³/mol. The predicted octanol–water partition coefficient (Wildman–Crippen LogP) is 4.21. The van der Waals surface area contributed by atoms with Gasteiger partial charge in [-0.2, -0.15) is 11.3 Å². The van der Waals surface area contributed by atoms with Crippen LogP contribution in [-0.4, -0.2) is 36.4 Å². The van der Waals surface area contributed by atoms with Gasteiger partial charge < -0.3 is 10.2 Å². The van der Waals surface area contributed by atoms with E-state index in [1.54, 1.807) is 11.3 Å². The molecule has 4 nitrogen and oxygen atoms in total. The molecule has 0 radical (unpaired) electrons. The summed E-state index contributed by atoms with van der Waals surface area (Å²) in [5.41, 5.74) is 3.97. The summed E-state index contributed by atoms with van der Waals surface area (Å²) in [5, 5.41) is 9.78. The van der Waals surface area contributed by atoms with E-state index in [-0.39, 0.29) is 11.9 Å². The number of nitrogens with zero attached hydrogens (tertiary/aromatic N) is 2. The zero-order chi connectivity index (χ0) is 17.8. The molecule has 1 N–H and O–H groups in total. The first kappa shape index (κ1) is 17.8. The van der Waals surface area contributed by atoms with Crippen LogP contribution in [0.4, 0.5) is 0 Å². The number of nitrogens with one attached hydrogen (secondary N) is 1. The minimum atomic E-state index is -0.128. The number of hydrogen-bond acceptors (Lipinski definition) is 5. The third kappa shape index (κ3) is 4.34. The molecule has 0 saturated heterocycles. The Kier molecular flexibility index (Phi) is 5.63. The van der Waals surface area contributed by atoms with Crippen LogP contribution in [0.3, 0.4) is 0 Å². The van der Waals surface area contributed by atoms with Crippen LogP contribution in [0.5, 0.6) is 0 Å². The van der Waals surface area contributed by atoms with Gasteiger partial charge in [-0.15, -0.1) is 11.3 Å². The average molecular weight is 372 g/mol. The van der Waals surface area contributed by atoms with Gasteiger partial charge in [-0.05, 0) is 38.0 Å². The lowest BCUT2D eigenvalue weighted by Gasteiger charge is -2.25. The lowest BCUT2D eigenvalue weighted by molar-refractivity contribution is 0.0937. The van der Waals surface area contributed by atoms with Crippen molar-refractivity contribution in [2.24, 2.45) is 0 Å². The van der Waals surface area contributed by atoms with Gasteiger partial charge in [0.15, 0.2) is 0 Å². The number of aromatic nitrogens is 1. The molecular formula is C19H21N3OS2. The molecule has 1 amide bonds. The highest BCUT2D eigenvalue weighted by molar-refractivity contribution is 7.14. The Morgan fingerprint density at radius 2 is 1.96 bits per heavy atom. The summed E-state index contributed by atoms with van der Waals surface area (Å²) in [5.74, 6) is -0.128. The fourth-order valence-electron chi connectivity index (χ4n) is 2.56. The van der Waals surface area contributed by atoms with E-state index in [2.05, 4.69) is 46.4 Å². The maximum atomic E-state index is 12.5. The van der Waals surface area contributed by atoms with Gasteiger partial charge in [-0.1, -0.05) is 29.8 Å². The second-order valence-electron chi connectivity index (χ2n) is 6.15. The summed E-state index contributed by atoms with van der Waals surface area (Å²) in [7, 11) is 4.04. The van der Waals surface area contributed by atoms with E-state index in [0.29, 0.717) is 12.2 Å². The molecule has 130 valence electrons. The Balaban J connectivity index is 1.66. The molecule has 2 aromatic heterocycles. The topological polar surface area (TPSA) is 45.2 Å². The molecule has 2 heterocycles. The second-order valence-corrected chi connectivity index (χ2v) is 7.79. The zero-order valence-electron chi connectivity index (χ0n) is 14.5. The lowest BCUT2D eigenvalue weighted by Crippen LogP contribution is -2.34. The van der Waals surface area contributed by atoms with Crippen molar-refractivity contribution in [3.63, 3.8) is 0 Å². The Morgan fingerprint density at radius 1 is 1.20 bits per heavy atom. The number of rotatable bonds is 6. The van der Waals surface area contributed by atoms with Crippen molar-refractivity contribution in [2.75, 3.05) is 20.6 Å². The Hall–Kier alpha value is -2.02. The molecule has 0 spiro atoms. The van der Waals surface area contributed by atoms with E-state index in [0.717, 1.165) is 10.6 Å². The van der Waals surface area contributed by atoms with Crippen LogP contribution >= 0.6 is 22.7 Å². The van der Waals surface area contributed by atoms with E-state index < -0.39 is 0 Å². The molecule has 0 fully saturated rings. The highest BCUT2D eigenvalue weighted by Gasteiger charge is 2.17. The van der Waals surface area contributed by atoms with Gasteiger partial charge in [0, 0.05) is 22.9 Å². The smallest absolute Gasteiger partial charge is 0.270 e. The van der Waals surface area contributed by atoms with E-state index in [1.807, 2.05) is 36.3 Å². The van der Waals surface area contributed by atoms with Crippen LogP contribution < -0.4 is 5.32 Å². The van der Waals surface area contributed by atoms with Gasteiger partial charge >= 0.3 is 0 Å². The van der Waals surface area contributed by atoms with Crippen molar-refractivity contribution in [2.45, 2.75) is 13.0 Å². The van der Waals surface area contributed by atoms with Crippen LogP contribution in [0.1, 0.15) is 27.7 Å².